The van der Waals surface area contributed by atoms with E-state index in [0.717, 1.165) is 45.4 Å². The molecule has 3 rings (SSSR count). The number of nitrogens with one attached hydrogen (secondary N) is 1. The van der Waals surface area contributed by atoms with Crippen LogP contribution in [0.2, 0.25) is 0 Å². The van der Waals surface area contributed by atoms with Crippen molar-refractivity contribution in [2.45, 2.75) is 43.9 Å². The molecule has 0 amide bonds. The molecule has 122 valence electrons. The van der Waals surface area contributed by atoms with Crippen molar-refractivity contribution in [2.75, 3.05) is 53.6 Å². The Morgan fingerprint density at radius 3 is 2.24 bits per heavy atom. The Hall–Kier alpha value is -0.200. The zero-order valence-corrected chi connectivity index (χ0v) is 13.5. The predicted octanol–water partition coefficient (Wildman–Crippen LogP) is 0.881. The highest BCUT2D eigenvalue weighted by Crippen LogP contribution is 2.34. The maximum atomic E-state index is 5.60. The van der Waals surface area contributed by atoms with Gasteiger partial charge in [0.15, 0.2) is 0 Å². The predicted molar refractivity (Wildman–Crippen MR) is 81.5 cm³/mol. The molecule has 0 aromatic rings. The van der Waals surface area contributed by atoms with E-state index in [1.807, 2.05) is 0 Å². The third-order valence-electron chi connectivity index (χ3n) is 5.35. The lowest BCUT2D eigenvalue weighted by Crippen LogP contribution is -2.47. The summed E-state index contributed by atoms with van der Waals surface area (Å²) >= 11 is 0. The maximum absolute atomic E-state index is 5.60. The van der Waals surface area contributed by atoms with Gasteiger partial charge in [-0.2, -0.15) is 0 Å². The number of hydrogen-bond donors (Lipinski definition) is 1. The zero-order valence-electron chi connectivity index (χ0n) is 13.5. The summed E-state index contributed by atoms with van der Waals surface area (Å²) in [6, 6.07) is 0.779. The topological polar surface area (TPSA) is 43.0 Å². The molecule has 3 aliphatic rings. The molecular weight excluding hydrogens is 268 g/mol. The van der Waals surface area contributed by atoms with Crippen molar-refractivity contribution in [3.05, 3.63) is 0 Å². The van der Waals surface area contributed by atoms with Crippen molar-refractivity contribution in [2.24, 2.45) is 5.41 Å². The summed E-state index contributed by atoms with van der Waals surface area (Å²) in [5.41, 5.74) is 0.363. The van der Waals surface area contributed by atoms with Crippen molar-refractivity contribution in [1.82, 2.24) is 10.2 Å². The van der Waals surface area contributed by atoms with E-state index in [-0.39, 0.29) is 12.2 Å². The Bertz CT molecular complexity index is 317. The lowest BCUT2D eigenvalue weighted by Gasteiger charge is -2.40. The molecular formula is C16H30N2O3. The van der Waals surface area contributed by atoms with E-state index in [1.165, 1.54) is 25.7 Å². The summed E-state index contributed by atoms with van der Waals surface area (Å²) in [5.74, 6) is 0. The summed E-state index contributed by atoms with van der Waals surface area (Å²) in [7, 11) is 3.58. The van der Waals surface area contributed by atoms with Gasteiger partial charge < -0.3 is 19.5 Å². The van der Waals surface area contributed by atoms with E-state index in [4.69, 9.17) is 14.2 Å². The first-order chi connectivity index (χ1) is 10.2. The lowest BCUT2D eigenvalue weighted by atomic mass is 9.79. The molecule has 0 aromatic carbocycles. The van der Waals surface area contributed by atoms with Gasteiger partial charge in [-0.05, 0) is 31.1 Å². The smallest absolute Gasteiger partial charge is 0.0971 e. The second kappa shape index (κ2) is 6.92. The number of methoxy groups -OCH3 is 2. The van der Waals surface area contributed by atoms with Crippen LogP contribution in [-0.4, -0.2) is 76.8 Å². The summed E-state index contributed by atoms with van der Waals surface area (Å²) in [5, 5.41) is 3.75. The van der Waals surface area contributed by atoms with Crippen LogP contribution in [0, 0.1) is 5.41 Å². The summed E-state index contributed by atoms with van der Waals surface area (Å²) in [4.78, 5) is 2.53. The van der Waals surface area contributed by atoms with Gasteiger partial charge in [-0.1, -0.05) is 0 Å². The molecule has 2 atom stereocenters. The van der Waals surface area contributed by atoms with Crippen molar-refractivity contribution >= 4 is 0 Å². The van der Waals surface area contributed by atoms with E-state index in [2.05, 4.69) is 10.2 Å². The van der Waals surface area contributed by atoms with Gasteiger partial charge in [0.05, 0.1) is 12.2 Å². The van der Waals surface area contributed by atoms with Crippen molar-refractivity contribution in [3.8, 4) is 0 Å². The molecule has 0 radical (unpaired) electrons. The number of likely N-dealkylation sites (tertiary alicyclic amines) is 1. The lowest BCUT2D eigenvalue weighted by molar-refractivity contribution is -0.00461. The zero-order chi connectivity index (χ0) is 14.7. The van der Waals surface area contributed by atoms with Crippen molar-refractivity contribution in [1.29, 1.82) is 0 Å². The molecule has 3 fully saturated rings. The Morgan fingerprint density at radius 1 is 1.10 bits per heavy atom. The second-order valence-corrected chi connectivity index (χ2v) is 7.01. The molecule has 0 bridgehead atoms. The van der Waals surface area contributed by atoms with Crippen LogP contribution in [0.4, 0.5) is 0 Å². The molecule has 2 saturated heterocycles. The molecule has 2 aliphatic heterocycles. The van der Waals surface area contributed by atoms with E-state index in [9.17, 15) is 0 Å². The van der Waals surface area contributed by atoms with Gasteiger partial charge in [0.25, 0.3) is 0 Å². The molecule has 2 unspecified atom stereocenters. The van der Waals surface area contributed by atoms with Crippen LogP contribution >= 0.6 is 0 Å². The molecule has 5 heteroatoms. The molecule has 0 spiro atoms. The number of hydrogen-bond acceptors (Lipinski definition) is 5. The first-order valence-electron chi connectivity index (χ1n) is 8.34. The highest BCUT2D eigenvalue weighted by Gasteiger charge is 2.40. The molecule has 1 saturated carbocycles. The fraction of sp³-hybridized carbons (Fsp3) is 1.00. The highest BCUT2D eigenvalue weighted by atomic mass is 16.5. The van der Waals surface area contributed by atoms with E-state index >= 15 is 0 Å². The largest absolute Gasteiger partial charge is 0.381 e. The normalized spacial score (nSPS) is 33.4. The monoisotopic (exact) mass is 298 g/mol. The van der Waals surface area contributed by atoms with Gasteiger partial charge in [-0.3, -0.25) is 4.90 Å². The molecule has 0 aromatic heterocycles. The summed E-state index contributed by atoms with van der Waals surface area (Å²) in [6.07, 6.45) is 5.46. The number of nitrogens with zero attached hydrogens (tertiary/aromatic N) is 1. The summed E-state index contributed by atoms with van der Waals surface area (Å²) < 4.78 is 16.7. The van der Waals surface area contributed by atoms with Crippen LogP contribution in [-0.2, 0) is 14.2 Å². The molecule has 5 nitrogen and oxygen atoms in total. The molecule has 1 aliphatic carbocycles. The van der Waals surface area contributed by atoms with Crippen LogP contribution in [0.5, 0.6) is 0 Å². The van der Waals surface area contributed by atoms with Crippen LogP contribution < -0.4 is 5.32 Å². The minimum atomic E-state index is 0.211. The maximum Gasteiger partial charge on any atom is 0.0971 e. The van der Waals surface area contributed by atoms with Crippen LogP contribution in [0.15, 0.2) is 0 Å². The molecule has 1 N–H and O–H groups in total. The first-order valence-corrected chi connectivity index (χ1v) is 8.34. The van der Waals surface area contributed by atoms with Gasteiger partial charge in [0.2, 0.25) is 0 Å². The fourth-order valence-corrected chi connectivity index (χ4v) is 3.72. The average molecular weight is 298 g/mol. The Labute approximate surface area is 128 Å². The van der Waals surface area contributed by atoms with Crippen molar-refractivity contribution in [3.63, 3.8) is 0 Å². The van der Waals surface area contributed by atoms with Crippen LogP contribution in [0.3, 0.4) is 0 Å². The van der Waals surface area contributed by atoms with Gasteiger partial charge >= 0.3 is 0 Å². The van der Waals surface area contributed by atoms with Gasteiger partial charge in [0.1, 0.15) is 0 Å². The minimum absolute atomic E-state index is 0.211. The van der Waals surface area contributed by atoms with Crippen LogP contribution in [0.1, 0.15) is 25.7 Å². The Kier molecular flexibility index (Phi) is 5.17. The SMILES string of the molecule is COC1CN(CC2(CNC3CC3)CCOCC2)CC1OC. The van der Waals surface area contributed by atoms with E-state index in [1.54, 1.807) is 14.2 Å². The fourth-order valence-electron chi connectivity index (χ4n) is 3.72. The van der Waals surface area contributed by atoms with Crippen molar-refractivity contribution < 1.29 is 14.2 Å². The Morgan fingerprint density at radius 2 is 1.71 bits per heavy atom. The minimum Gasteiger partial charge on any atom is -0.381 e. The van der Waals surface area contributed by atoms with Gasteiger partial charge in [0, 0.05) is 59.7 Å². The van der Waals surface area contributed by atoms with Gasteiger partial charge in [-0.25, -0.2) is 0 Å². The number of ether oxygens (including phenoxy) is 3. The first kappa shape index (κ1) is 15.7. The van der Waals surface area contributed by atoms with E-state index < -0.39 is 0 Å². The third kappa shape index (κ3) is 3.96. The van der Waals surface area contributed by atoms with E-state index in [0.29, 0.717) is 5.41 Å². The van der Waals surface area contributed by atoms with Crippen LogP contribution in [0.25, 0.3) is 0 Å². The molecule has 21 heavy (non-hydrogen) atoms. The quantitative estimate of drug-likeness (QED) is 0.756. The Balaban J connectivity index is 1.58. The highest BCUT2D eigenvalue weighted by molar-refractivity contribution is 4.94. The standard InChI is InChI=1S/C16H30N2O3/c1-19-14-9-18(10-15(14)20-2)12-16(5-7-21-8-6-16)11-17-13-3-4-13/h13-15,17H,3-12H2,1-2H3. The third-order valence-corrected chi connectivity index (χ3v) is 5.35. The van der Waals surface area contributed by atoms with Gasteiger partial charge in [-0.15, -0.1) is 0 Å². The number of rotatable bonds is 7. The molecule has 2 heterocycles. The second-order valence-electron chi connectivity index (χ2n) is 7.01. The summed E-state index contributed by atoms with van der Waals surface area (Å²) in [6.45, 7) is 6.05. The average Bonchev–Trinajstić information content (AvgIpc) is 3.26.